The lowest BCUT2D eigenvalue weighted by Gasteiger charge is -2.24. The number of rotatable bonds is 8. The van der Waals surface area contributed by atoms with Crippen molar-refractivity contribution >= 4 is 23.4 Å². The summed E-state index contributed by atoms with van der Waals surface area (Å²) in [5.74, 6) is -1.43. The van der Waals surface area contributed by atoms with Crippen molar-refractivity contribution in [2.75, 3.05) is 23.8 Å². The summed E-state index contributed by atoms with van der Waals surface area (Å²) in [6.07, 6.45) is 3.18. The molecule has 0 atom stereocenters. The van der Waals surface area contributed by atoms with Crippen LogP contribution in [0.25, 0.3) is 0 Å². The minimum absolute atomic E-state index is 0.125. The van der Waals surface area contributed by atoms with Crippen molar-refractivity contribution in [3.63, 3.8) is 0 Å². The molecule has 0 saturated carbocycles. The van der Waals surface area contributed by atoms with E-state index in [2.05, 4.69) is 4.98 Å². The number of allylic oxidation sites excluding steroid dienone is 1. The van der Waals surface area contributed by atoms with Crippen LogP contribution in [0.2, 0.25) is 0 Å². The van der Waals surface area contributed by atoms with Gasteiger partial charge in [0.05, 0.1) is 6.54 Å². The van der Waals surface area contributed by atoms with E-state index in [0.717, 1.165) is 10.5 Å². The summed E-state index contributed by atoms with van der Waals surface area (Å²) in [6.45, 7) is 3.19. The molecule has 9 nitrogen and oxygen atoms in total. The van der Waals surface area contributed by atoms with Gasteiger partial charge in [0.15, 0.2) is 12.3 Å². The van der Waals surface area contributed by atoms with Gasteiger partial charge >= 0.3 is 11.7 Å². The number of hydrogen-bond acceptors (Lipinski definition) is 6. The summed E-state index contributed by atoms with van der Waals surface area (Å²) in [4.78, 5) is 52.2. The van der Waals surface area contributed by atoms with E-state index >= 15 is 0 Å². The van der Waals surface area contributed by atoms with Gasteiger partial charge in [0.1, 0.15) is 5.82 Å². The first kappa shape index (κ1) is 21.7. The van der Waals surface area contributed by atoms with Crippen LogP contribution in [0.1, 0.15) is 25.8 Å². The Morgan fingerprint density at radius 3 is 2.55 bits per heavy atom. The molecule has 29 heavy (non-hydrogen) atoms. The van der Waals surface area contributed by atoms with Gasteiger partial charge in [-0.2, -0.15) is 0 Å². The monoisotopic (exact) mass is 400 g/mol. The van der Waals surface area contributed by atoms with Gasteiger partial charge in [0.25, 0.3) is 11.5 Å². The Morgan fingerprint density at radius 1 is 1.24 bits per heavy atom. The number of nitrogens with two attached hydrogens (primary N) is 1. The second kappa shape index (κ2) is 10.1. The van der Waals surface area contributed by atoms with E-state index in [4.69, 9.17) is 10.5 Å². The molecule has 3 N–H and O–H groups in total. The highest BCUT2D eigenvalue weighted by Crippen LogP contribution is 2.18. The summed E-state index contributed by atoms with van der Waals surface area (Å²) in [6, 6.07) is 9.09. The fourth-order valence-electron chi connectivity index (χ4n) is 2.74. The largest absolute Gasteiger partial charge is 0.452 e. The maximum Gasteiger partial charge on any atom is 0.330 e. The molecular formula is C20H24N4O5. The van der Waals surface area contributed by atoms with E-state index in [9.17, 15) is 19.2 Å². The van der Waals surface area contributed by atoms with Crippen LogP contribution in [-0.4, -0.2) is 34.6 Å². The van der Waals surface area contributed by atoms with Gasteiger partial charge in [0.2, 0.25) is 0 Å². The van der Waals surface area contributed by atoms with Crippen LogP contribution in [0.4, 0.5) is 11.5 Å². The Kier molecular flexibility index (Phi) is 7.53. The van der Waals surface area contributed by atoms with Gasteiger partial charge in [0, 0.05) is 12.6 Å². The van der Waals surface area contributed by atoms with Gasteiger partial charge < -0.3 is 15.4 Å². The summed E-state index contributed by atoms with van der Waals surface area (Å²) in [5.41, 5.74) is 5.33. The molecule has 154 valence electrons. The predicted octanol–water partition coefficient (Wildman–Crippen LogP) is 1.03. The lowest BCUT2D eigenvalue weighted by Crippen LogP contribution is -2.43. The van der Waals surface area contributed by atoms with E-state index in [1.54, 1.807) is 6.92 Å². The van der Waals surface area contributed by atoms with Crippen molar-refractivity contribution in [3.05, 3.63) is 68.9 Å². The highest BCUT2D eigenvalue weighted by molar-refractivity contribution is 5.97. The van der Waals surface area contributed by atoms with Crippen LogP contribution in [0, 0.1) is 0 Å². The van der Waals surface area contributed by atoms with Crippen molar-refractivity contribution < 1.29 is 14.3 Å². The molecule has 1 heterocycles. The topological polar surface area (TPSA) is 127 Å². The molecule has 0 spiro atoms. The van der Waals surface area contributed by atoms with Gasteiger partial charge in [-0.15, -0.1) is 0 Å². The van der Waals surface area contributed by atoms with Crippen molar-refractivity contribution in [3.8, 4) is 0 Å². The summed E-state index contributed by atoms with van der Waals surface area (Å²) < 4.78 is 6.07. The molecule has 0 unspecified atom stereocenters. The fraction of sp³-hybridized carbons (Fsp3) is 0.300. The third-order valence-corrected chi connectivity index (χ3v) is 4.06. The molecule has 0 saturated heterocycles. The molecule has 9 heteroatoms. The molecule has 0 aliphatic carbocycles. The minimum Gasteiger partial charge on any atom is -0.452 e. The number of aromatic amines is 1. The molecule has 1 amide bonds. The Balaban J connectivity index is 2.41. The third-order valence-electron chi connectivity index (χ3n) is 4.06. The number of H-pyrrole nitrogens is 1. The third kappa shape index (κ3) is 5.44. The number of anilines is 2. The van der Waals surface area contributed by atoms with E-state index in [1.807, 2.05) is 37.3 Å². The van der Waals surface area contributed by atoms with Gasteiger partial charge in [-0.1, -0.05) is 43.3 Å². The quantitative estimate of drug-likeness (QED) is 0.503. The van der Waals surface area contributed by atoms with Crippen LogP contribution in [0.3, 0.4) is 0 Å². The molecule has 2 aromatic rings. The van der Waals surface area contributed by atoms with Gasteiger partial charge in [-0.05, 0) is 18.9 Å². The number of carbonyl (C=O) groups is 2. The average Bonchev–Trinajstić information content (AvgIpc) is 2.69. The second-order valence-corrected chi connectivity index (χ2v) is 6.22. The number of amides is 1. The maximum atomic E-state index is 12.6. The molecule has 2 rings (SSSR count). The van der Waals surface area contributed by atoms with Crippen molar-refractivity contribution in [2.24, 2.45) is 0 Å². The number of hydrogen-bond donors (Lipinski definition) is 2. The first-order valence-corrected chi connectivity index (χ1v) is 9.15. The van der Waals surface area contributed by atoms with E-state index < -0.39 is 29.7 Å². The minimum atomic E-state index is -0.779. The second-order valence-electron chi connectivity index (χ2n) is 6.22. The molecule has 0 bridgehead atoms. The van der Waals surface area contributed by atoms with Crippen LogP contribution >= 0.6 is 0 Å². The number of carbonyl (C=O) groups excluding carboxylic acids is 2. The van der Waals surface area contributed by atoms with Crippen molar-refractivity contribution in [1.82, 2.24) is 9.55 Å². The van der Waals surface area contributed by atoms with Crippen LogP contribution in [0.15, 0.2) is 52.1 Å². The first-order valence-electron chi connectivity index (χ1n) is 9.15. The molecule has 1 aromatic heterocycles. The smallest absolute Gasteiger partial charge is 0.330 e. The number of esters is 1. The predicted molar refractivity (Wildman–Crippen MR) is 110 cm³/mol. The van der Waals surface area contributed by atoms with Gasteiger partial charge in [-0.25, -0.2) is 9.59 Å². The van der Waals surface area contributed by atoms with E-state index in [-0.39, 0.29) is 24.6 Å². The Morgan fingerprint density at radius 2 is 1.93 bits per heavy atom. The summed E-state index contributed by atoms with van der Waals surface area (Å²) >= 11 is 0. The highest BCUT2D eigenvalue weighted by Gasteiger charge is 2.24. The highest BCUT2D eigenvalue weighted by atomic mass is 16.5. The average molecular weight is 400 g/mol. The number of nitrogens with zero attached hydrogens (tertiary/aromatic N) is 2. The zero-order valence-electron chi connectivity index (χ0n) is 16.4. The maximum absolute atomic E-state index is 12.6. The number of ether oxygens (including phenoxy) is 1. The normalized spacial score (nSPS) is 10.8. The van der Waals surface area contributed by atoms with Crippen LogP contribution in [-0.2, 0) is 20.9 Å². The zero-order valence-corrected chi connectivity index (χ0v) is 16.4. The molecule has 0 radical (unpaired) electrons. The molecule has 0 fully saturated rings. The number of aromatic nitrogens is 2. The Bertz CT molecular complexity index is 1010. The number of nitrogen functional groups attached to an aromatic ring is 1. The van der Waals surface area contributed by atoms with E-state index in [0.29, 0.717) is 6.42 Å². The number of benzene rings is 1. The summed E-state index contributed by atoms with van der Waals surface area (Å²) in [7, 11) is 0. The molecule has 0 aliphatic rings. The molecule has 1 aromatic carbocycles. The zero-order chi connectivity index (χ0) is 21.4. The standard InChI is InChI=1S/C20H24N4O5/c1-3-8-16(26)29-13-15(25)23(11-4-2)17-18(21)24(20(28)22-19(17)27)12-14-9-6-5-7-10-14/h3,5-10H,4,11-13,21H2,1-2H3,(H,22,27,28)/b8-3+. The fourth-order valence-corrected chi connectivity index (χ4v) is 2.74. The summed E-state index contributed by atoms with van der Waals surface area (Å²) in [5, 5.41) is 0. The lowest BCUT2D eigenvalue weighted by molar-refractivity contribution is -0.143. The SMILES string of the molecule is C/C=C/C(=O)OCC(=O)N(CCC)c1c(N)n(Cc2ccccc2)c(=O)[nH]c1=O. The van der Waals surface area contributed by atoms with Crippen molar-refractivity contribution in [2.45, 2.75) is 26.8 Å². The molecule has 0 aliphatic heterocycles. The van der Waals surface area contributed by atoms with Crippen LogP contribution < -0.4 is 21.9 Å². The number of nitrogens with one attached hydrogen (secondary N) is 1. The lowest BCUT2D eigenvalue weighted by atomic mass is 10.2. The van der Waals surface area contributed by atoms with E-state index in [1.165, 1.54) is 16.7 Å². The van der Waals surface area contributed by atoms with Crippen molar-refractivity contribution in [1.29, 1.82) is 0 Å². The first-order chi connectivity index (χ1) is 13.9. The Labute approximate surface area is 167 Å². The van der Waals surface area contributed by atoms with Gasteiger partial charge in [-0.3, -0.25) is 19.1 Å². The Hall–Kier alpha value is -3.62. The van der Waals surface area contributed by atoms with Crippen LogP contribution in [0.5, 0.6) is 0 Å². The molecular weight excluding hydrogens is 376 g/mol.